The highest BCUT2D eigenvalue weighted by atomic mass is 32.2. The van der Waals surface area contributed by atoms with E-state index in [9.17, 15) is 12.8 Å². The first-order chi connectivity index (χ1) is 12.7. The highest BCUT2D eigenvalue weighted by Gasteiger charge is 2.23. The minimum absolute atomic E-state index is 0.0966. The highest BCUT2D eigenvalue weighted by molar-refractivity contribution is 7.89. The molecule has 0 amide bonds. The Morgan fingerprint density at radius 3 is 2.56 bits per heavy atom. The minimum Gasteiger partial charge on any atom is -0.350 e. The molecule has 3 rings (SSSR count). The van der Waals surface area contributed by atoms with E-state index >= 15 is 0 Å². The summed E-state index contributed by atoms with van der Waals surface area (Å²) in [5, 5.41) is 1.09. The Hall–Kier alpha value is -2.22. The number of halogens is 1. The predicted octanol–water partition coefficient (Wildman–Crippen LogP) is 3.21. The molecule has 27 heavy (non-hydrogen) atoms. The number of nitrogens with zero attached hydrogens (tertiary/aromatic N) is 2. The van der Waals surface area contributed by atoms with Crippen molar-refractivity contribution in [1.29, 1.82) is 0 Å². The first-order valence-electron chi connectivity index (χ1n) is 8.67. The summed E-state index contributed by atoms with van der Waals surface area (Å²) in [6, 6.07) is 11.6. The Bertz CT molecular complexity index is 1070. The number of hydrogen-bond donors (Lipinski definition) is 1. The Labute approximate surface area is 159 Å². The molecule has 1 atom stereocenters. The molecule has 0 aliphatic rings. The Balaban J connectivity index is 1.91. The lowest BCUT2D eigenvalue weighted by Gasteiger charge is -2.24. The van der Waals surface area contributed by atoms with Gasteiger partial charge < -0.3 is 9.47 Å². The summed E-state index contributed by atoms with van der Waals surface area (Å²) in [7, 11) is 2.08. The third kappa shape index (κ3) is 3.90. The number of fused-ring (bicyclic) bond motifs is 1. The van der Waals surface area contributed by atoms with Gasteiger partial charge in [0.2, 0.25) is 10.0 Å². The number of nitrogens with one attached hydrogen (secondary N) is 1. The van der Waals surface area contributed by atoms with E-state index < -0.39 is 15.8 Å². The number of benzene rings is 2. The van der Waals surface area contributed by atoms with Crippen LogP contribution in [0, 0.1) is 12.7 Å². The number of hydrogen-bond acceptors (Lipinski definition) is 3. The molecule has 7 heteroatoms. The number of sulfonamides is 1. The second-order valence-corrected chi connectivity index (χ2v) is 8.69. The van der Waals surface area contributed by atoms with Gasteiger partial charge in [0.25, 0.3) is 0 Å². The lowest BCUT2D eigenvalue weighted by atomic mass is 10.1. The van der Waals surface area contributed by atoms with E-state index in [-0.39, 0.29) is 17.5 Å². The maximum Gasteiger partial charge on any atom is 0.240 e. The quantitative estimate of drug-likeness (QED) is 0.704. The zero-order chi connectivity index (χ0) is 19.8. The van der Waals surface area contributed by atoms with E-state index in [2.05, 4.69) is 4.72 Å². The van der Waals surface area contributed by atoms with E-state index in [1.165, 1.54) is 12.1 Å². The van der Waals surface area contributed by atoms with Gasteiger partial charge in [-0.15, -0.1) is 0 Å². The lowest BCUT2D eigenvalue weighted by Crippen LogP contribution is -2.34. The van der Waals surface area contributed by atoms with Crippen LogP contribution in [-0.2, 0) is 17.1 Å². The second-order valence-electron chi connectivity index (χ2n) is 6.95. The van der Waals surface area contributed by atoms with E-state index in [0.717, 1.165) is 22.5 Å². The van der Waals surface area contributed by atoms with Crippen molar-refractivity contribution < 1.29 is 12.8 Å². The maximum absolute atomic E-state index is 13.3. The third-order valence-corrected chi connectivity index (χ3v) is 6.39. The van der Waals surface area contributed by atoms with Crippen LogP contribution in [0.4, 0.5) is 4.39 Å². The zero-order valence-corrected chi connectivity index (χ0v) is 16.7. The smallest absolute Gasteiger partial charge is 0.240 e. The summed E-state index contributed by atoms with van der Waals surface area (Å²) < 4.78 is 43.5. The van der Waals surface area contributed by atoms with Crippen LogP contribution in [0.5, 0.6) is 0 Å². The van der Waals surface area contributed by atoms with Crippen LogP contribution in [0.2, 0.25) is 0 Å². The number of aryl methyl sites for hydroxylation is 2. The Kier molecular flexibility index (Phi) is 5.37. The molecule has 144 valence electrons. The van der Waals surface area contributed by atoms with Gasteiger partial charge >= 0.3 is 0 Å². The molecule has 1 N–H and O–H groups in total. The second kappa shape index (κ2) is 7.42. The van der Waals surface area contributed by atoms with Crippen molar-refractivity contribution in [2.24, 2.45) is 7.05 Å². The number of likely N-dealkylation sites (N-methyl/N-ethyl adjacent to an activating group) is 1. The summed E-state index contributed by atoms with van der Waals surface area (Å²) >= 11 is 0. The first kappa shape index (κ1) is 19.5. The van der Waals surface area contributed by atoms with Crippen molar-refractivity contribution in [3.63, 3.8) is 0 Å². The molecule has 0 fully saturated rings. The molecule has 0 radical (unpaired) electrons. The Morgan fingerprint density at radius 2 is 1.89 bits per heavy atom. The van der Waals surface area contributed by atoms with Gasteiger partial charge in [0.1, 0.15) is 5.82 Å². The predicted molar refractivity (Wildman–Crippen MR) is 106 cm³/mol. The fraction of sp³-hybridized carbons (Fsp3) is 0.300. The van der Waals surface area contributed by atoms with Crippen LogP contribution in [0.25, 0.3) is 10.9 Å². The number of para-hydroxylation sites is 1. The van der Waals surface area contributed by atoms with Gasteiger partial charge in [0, 0.05) is 36.7 Å². The normalized spacial score (nSPS) is 13.4. The molecular formula is C20H24FN3O2S. The minimum atomic E-state index is -3.74. The first-order valence-corrected chi connectivity index (χ1v) is 10.1. The fourth-order valence-electron chi connectivity index (χ4n) is 3.39. The summed E-state index contributed by atoms with van der Waals surface area (Å²) in [4.78, 5) is 2.08. The topological polar surface area (TPSA) is 54.3 Å². The van der Waals surface area contributed by atoms with Crippen molar-refractivity contribution in [3.8, 4) is 0 Å². The summed E-state index contributed by atoms with van der Waals surface area (Å²) in [5.74, 6) is -0.451. The van der Waals surface area contributed by atoms with Gasteiger partial charge in [0.15, 0.2) is 0 Å². The molecule has 0 aliphatic heterocycles. The van der Waals surface area contributed by atoms with Crippen molar-refractivity contribution >= 4 is 20.9 Å². The van der Waals surface area contributed by atoms with E-state index in [1.807, 2.05) is 61.1 Å². The van der Waals surface area contributed by atoms with E-state index in [0.29, 0.717) is 5.56 Å². The monoisotopic (exact) mass is 389 g/mol. The molecule has 0 bridgehead atoms. The molecule has 0 saturated heterocycles. The standard InChI is InChI=1S/C20H24FN3O2S/c1-14-11-15(21)9-10-20(14)27(25,26)22-12-19(23(2)3)17-13-24(4)18-8-6-5-7-16(17)18/h5-11,13,19,22H,12H2,1-4H3. The highest BCUT2D eigenvalue weighted by Crippen LogP contribution is 2.28. The van der Waals surface area contributed by atoms with Crippen molar-refractivity contribution in [2.75, 3.05) is 20.6 Å². The van der Waals surface area contributed by atoms with Crippen molar-refractivity contribution in [1.82, 2.24) is 14.2 Å². The van der Waals surface area contributed by atoms with Gasteiger partial charge in [-0.05, 0) is 56.4 Å². The van der Waals surface area contributed by atoms with E-state index in [1.54, 1.807) is 6.92 Å². The summed E-state index contributed by atoms with van der Waals surface area (Å²) in [6.07, 6.45) is 2.03. The molecule has 1 unspecified atom stereocenters. The maximum atomic E-state index is 13.3. The molecule has 1 aromatic heterocycles. The molecule has 5 nitrogen and oxygen atoms in total. The van der Waals surface area contributed by atoms with Crippen molar-refractivity contribution in [3.05, 3.63) is 65.6 Å². The van der Waals surface area contributed by atoms with Crippen LogP contribution in [0.15, 0.2) is 53.6 Å². The number of aromatic nitrogens is 1. The van der Waals surface area contributed by atoms with E-state index in [4.69, 9.17) is 0 Å². The van der Waals surface area contributed by atoms with Gasteiger partial charge in [0.05, 0.1) is 4.90 Å². The summed E-state index contributed by atoms with van der Waals surface area (Å²) in [5.41, 5.74) is 2.53. The SMILES string of the molecule is Cc1cc(F)ccc1S(=O)(=O)NCC(c1cn(C)c2ccccc12)N(C)C. The fourth-order valence-corrected chi connectivity index (χ4v) is 4.65. The molecule has 0 saturated carbocycles. The van der Waals surface area contributed by atoms with Crippen molar-refractivity contribution in [2.45, 2.75) is 17.9 Å². The van der Waals surface area contributed by atoms with Gasteiger partial charge in [-0.3, -0.25) is 0 Å². The zero-order valence-electron chi connectivity index (χ0n) is 15.9. The van der Waals surface area contributed by atoms with Crippen LogP contribution in [0.3, 0.4) is 0 Å². The van der Waals surface area contributed by atoms with Gasteiger partial charge in [-0.2, -0.15) is 0 Å². The molecule has 3 aromatic rings. The largest absolute Gasteiger partial charge is 0.350 e. The Morgan fingerprint density at radius 1 is 1.19 bits per heavy atom. The molecule has 0 aliphatic carbocycles. The van der Waals surface area contributed by atoms with Crippen LogP contribution in [0.1, 0.15) is 17.2 Å². The van der Waals surface area contributed by atoms with Gasteiger partial charge in [-0.25, -0.2) is 17.5 Å². The molecule has 2 aromatic carbocycles. The van der Waals surface area contributed by atoms with Gasteiger partial charge in [-0.1, -0.05) is 18.2 Å². The molecular weight excluding hydrogens is 365 g/mol. The van der Waals surface area contributed by atoms with Crippen LogP contribution >= 0.6 is 0 Å². The van der Waals surface area contributed by atoms with Crippen LogP contribution in [-0.4, -0.2) is 38.5 Å². The average Bonchev–Trinajstić information content (AvgIpc) is 2.91. The average molecular weight is 389 g/mol. The number of rotatable bonds is 6. The molecule has 1 heterocycles. The lowest BCUT2D eigenvalue weighted by molar-refractivity contribution is 0.301. The van der Waals surface area contributed by atoms with Crippen LogP contribution < -0.4 is 4.72 Å². The third-order valence-electron chi connectivity index (χ3n) is 4.80. The molecule has 0 spiro atoms. The summed E-state index contributed by atoms with van der Waals surface area (Å²) in [6.45, 7) is 1.80.